The first-order valence-electron chi connectivity index (χ1n) is 18.3. The van der Waals surface area contributed by atoms with Crippen LogP contribution in [-0.2, 0) is 32.6 Å². The van der Waals surface area contributed by atoms with E-state index >= 15 is 0 Å². The molecule has 6 rings (SSSR count). The zero-order chi connectivity index (χ0) is 48.3. The highest BCUT2D eigenvalue weighted by molar-refractivity contribution is 5.90. The Labute approximate surface area is 352 Å². The predicted octanol–water partition coefficient (Wildman–Crippen LogP) is 6.34. The van der Waals surface area contributed by atoms with Gasteiger partial charge in [-0.15, -0.1) is 0 Å². The number of rotatable bonds is 10. The number of hydrogen-bond donors (Lipinski definition) is 5. The molecule has 4 aromatic rings. The molecule has 5 N–H and O–H groups in total. The van der Waals surface area contributed by atoms with Gasteiger partial charge in [0.25, 0.3) is 0 Å². The normalized spacial score (nSPS) is 17.5. The van der Waals surface area contributed by atoms with E-state index in [0.717, 1.165) is 41.6 Å². The van der Waals surface area contributed by atoms with Gasteiger partial charge in [0.2, 0.25) is 11.7 Å². The Bertz CT molecular complexity index is 2170. The van der Waals surface area contributed by atoms with E-state index in [9.17, 15) is 57.9 Å². The third kappa shape index (κ3) is 14.9. The minimum atomic E-state index is -5.08. The molecule has 5 heterocycles. The van der Waals surface area contributed by atoms with E-state index < -0.39 is 54.0 Å². The van der Waals surface area contributed by atoms with Crippen LogP contribution in [0.1, 0.15) is 57.0 Å². The summed E-state index contributed by atoms with van der Waals surface area (Å²) in [4.78, 5) is 48.2. The maximum Gasteiger partial charge on any atom is 0.490 e. The molecule has 2 aliphatic rings. The largest absolute Gasteiger partial charge is 0.490 e. The molecule has 1 aliphatic heterocycles. The molecule has 0 aromatic carbocycles. The number of alkyl halides is 12. The summed E-state index contributed by atoms with van der Waals surface area (Å²) in [5.41, 5.74) is 2.23. The summed E-state index contributed by atoms with van der Waals surface area (Å²) >= 11 is 0. The molecule has 64 heavy (non-hydrogen) atoms. The number of nitrogens with one attached hydrogen (secondary N) is 2. The number of likely N-dealkylation sites (tertiary alicyclic amines) is 1. The number of nitriles is 1. The number of aromatic nitrogens is 7. The maximum atomic E-state index is 13.4. The molecule has 29 heteroatoms. The van der Waals surface area contributed by atoms with Gasteiger partial charge in [-0.1, -0.05) is 6.92 Å². The average molecular weight is 937 g/mol. The van der Waals surface area contributed by atoms with Crippen LogP contribution in [0.3, 0.4) is 0 Å². The van der Waals surface area contributed by atoms with Crippen molar-refractivity contribution in [1.82, 2.24) is 44.9 Å². The molecule has 1 saturated carbocycles. The lowest BCUT2D eigenvalue weighted by molar-refractivity contribution is -0.193. The number of halogens is 12. The number of ether oxygens (including phenoxy) is 1. The van der Waals surface area contributed by atoms with Gasteiger partial charge in [0.15, 0.2) is 0 Å². The Morgan fingerprint density at radius 1 is 0.906 bits per heavy atom. The second-order valence-electron chi connectivity index (χ2n) is 13.8. The van der Waals surface area contributed by atoms with Gasteiger partial charge in [-0.05, 0) is 44.7 Å². The fraction of sp³-hybridized carbons (Fsp3) is 0.514. The molecule has 0 unspecified atom stereocenters. The fourth-order valence-electron chi connectivity index (χ4n) is 6.10. The Balaban J connectivity index is 0.000000429. The molecular formula is C35H36F12N10O7. The summed E-state index contributed by atoms with van der Waals surface area (Å²) in [7, 11) is 0. The highest BCUT2D eigenvalue weighted by Crippen LogP contribution is 2.39. The lowest BCUT2D eigenvalue weighted by Crippen LogP contribution is -2.65. The van der Waals surface area contributed by atoms with Crippen molar-refractivity contribution < 1.29 is 87.1 Å². The Morgan fingerprint density at radius 2 is 1.47 bits per heavy atom. The Kier molecular flexibility index (Phi) is 17.4. The molecule has 0 amide bonds. The molecule has 0 spiro atoms. The number of H-pyrrole nitrogens is 1. The van der Waals surface area contributed by atoms with Gasteiger partial charge in [0.1, 0.15) is 23.6 Å². The van der Waals surface area contributed by atoms with Crippen molar-refractivity contribution in [1.29, 1.82) is 5.26 Å². The summed E-state index contributed by atoms with van der Waals surface area (Å²) in [6.45, 7) is 4.26. The van der Waals surface area contributed by atoms with Crippen molar-refractivity contribution in [3.05, 3.63) is 48.6 Å². The van der Waals surface area contributed by atoms with Crippen LogP contribution < -0.4 is 10.1 Å². The number of carboxylic acids is 3. The lowest BCUT2D eigenvalue weighted by atomic mass is 9.82. The van der Waals surface area contributed by atoms with Crippen LogP contribution >= 0.6 is 0 Å². The number of aliphatic carboxylic acids is 3. The molecule has 0 radical (unpaired) electrons. The molecule has 1 saturated heterocycles. The maximum absolute atomic E-state index is 13.4. The van der Waals surface area contributed by atoms with Crippen molar-refractivity contribution >= 4 is 28.9 Å². The van der Waals surface area contributed by atoms with Crippen molar-refractivity contribution in [2.45, 2.75) is 94.4 Å². The minimum absolute atomic E-state index is 0.0360. The first kappa shape index (κ1) is 52.0. The van der Waals surface area contributed by atoms with Crippen LogP contribution in [0.2, 0.25) is 0 Å². The van der Waals surface area contributed by atoms with Crippen LogP contribution in [0.4, 0.5) is 52.7 Å². The van der Waals surface area contributed by atoms with E-state index in [-0.39, 0.29) is 24.2 Å². The third-order valence-electron chi connectivity index (χ3n) is 9.02. The average Bonchev–Trinajstić information content (AvgIpc) is 3.87. The minimum Gasteiger partial charge on any atom is -0.475 e. The van der Waals surface area contributed by atoms with Crippen LogP contribution in [0.15, 0.2) is 37.1 Å². The van der Waals surface area contributed by atoms with Crippen LogP contribution in [0.25, 0.3) is 22.3 Å². The topological polar surface area (TPSA) is 245 Å². The molecule has 17 nitrogen and oxygen atoms in total. The number of fused-ring (bicyclic) bond motifs is 1. The van der Waals surface area contributed by atoms with Crippen LogP contribution in [0.5, 0.6) is 5.88 Å². The lowest BCUT2D eigenvalue weighted by Gasteiger charge is -2.53. The highest BCUT2D eigenvalue weighted by Gasteiger charge is 2.48. The molecule has 4 aromatic heterocycles. The van der Waals surface area contributed by atoms with Crippen LogP contribution in [0, 0.1) is 11.3 Å². The third-order valence-corrected chi connectivity index (χ3v) is 9.02. The molecule has 0 atom stereocenters. The van der Waals surface area contributed by atoms with E-state index in [2.05, 4.69) is 46.3 Å². The number of aromatic amines is 1. The van der Waals surface area contributed by atoms with Crippen LogP contribution in [-0.4, -0.2) is 123 Å². The molecular weight excluding hydrogens is 900 g/mol. The van der Waals surface area contributed by atoms with Gasteiger partial charge in [-0.2, -0.15) is 68.0 Å². The first-order chi connectivity index (χ1) is 29.6. The summed E-state index contributed by atoms with van der Waals surface area (Å²) in [6, 6.07) is 6.07. The second kappa shape index (κ2) is 21.4. The summed E-state index contributed by atoms with van der Waals surface area (Å²) in [5.74, 6) is -9.49. The first-order valence-corrected chi connectivity index (χ1v) is 18.3. The SMILES string of the molecule is CCCNCc1cc(O[C@H]2CC[C@@H](N3CC(CC#N)(n4cc(-c5ncnc6[nH]ccc56)cn4)C3)CC2)nc(C(F)(F)F)n1.O=C(O)C(F)(F)F.O=C(O)C(F)(F)F.O=C(O)C(F)(F)F. The van der Waals surface area contributed by atoms with Crippen molar-refractivity contribution in [3.8, 4) is 23.2 Å². The number of hydrogen-bond acceptors (Lipinski definition) is 12. The molecule has 1 aliphatic carbocycles. The van der Waals surface area contributed by atoms with Crippen molar-refractivity contribution in [3.63, 3.8) is 0 Å². The second-order valence-corrected chi connectivity index (χ2v) is 13.8. The Hall–Kier alpha value is -6.31. The standard InChI is InChI=1S/C29H33F3N10O.3C2HF3O2/c1-2-10-34-14-20-12-24(40-27(39-20)29(30,31)32)43-22-5-3-21(4-6-22)41-16-28(17-41,8-9-33)42-15-19(13-38-42)25-23-7-11-35-26(23)37-18-36-25;3*3-2(4,5)1(6)7/h7,11-13,15,18,21-22,34H,2-6,8,10,14,16-17H2,1H3,(H,35,36,37);3*(H,6,7)/t21-,22+;;;. The summed E-state index contributed by atoms with van der Waals surface area (Å²) < 4.78 is 143. The zero-order valence-electron chi connectivity index (χ0n) is 32.8. The molecule has 352 valence electrons. The zero-order valence-corrected chi connectivity index (χ0v) is 32.8. The number of carbonyl (C=O) groups is 3. The van der Waals surface area contributed by atoms with Crippen molar-refractivity contribution in [2.75, 3.05) is 19.6 Å². The summed E-state index contributed by atoms with van der Waals surface area (Å²) in [5, 5.41) is 39.7. The monoisotopic (exact) mass is 936 g/mol. The number of nitrogens with zero attached hydrogens (tertiary/aromatic N) is 8. The molecule has 2 fully saturated rings. The van der Waals surface area contributed by atoms with Gasteiger partial charge in [-0.3, -0.25) is 9.58 Å². The van der Waals surface area contributed by atoms with E-state index in [4.69, 9.17) is 34.4 Å². The van der Waals surface area contributed by atoms with Gasteiger partial charge in [0.05, 0.1) is 30.1 Å². The van der Waals surface area contributed by atoms with E-state index in [0.29, 0.717) is 44.9 Å². The predicted molar refractivity (Wildman–Crippen MR) is 192 cm³/mol. The van der Waals surface area contributed by atoms with Crippen molar-refractivity contribution in [2.24, 2.45) is 0 Å². The smallest absolute Gasteiger partial charge is 0.475 e. The van der Waals surface area contributed by atoms with E-state index in [1.807, 2.05) is 30.1 Å². The Morgan fingerprint density at radius 3 is 1.97 bits per heavy atom. The fourth-order valence-corrected chi connectivity index (χ4v) is 6.10. The highest BCUT2D eigenvalue weighted by atomic mass is 19.4. The van der Waals surface area contributed by atoms with Gasteiger partial charge in [-0.25, -0.2) is 29.3 Å². The summed E-state index contributed by atoms with van der Waals surface area (Å²) in [6.07, 6.45) is -8.77. The quantitative estimate of drug-likeness (QED) is 0.0860. The van der Waals surface area contributed by atoms with Gasteiger partial charge in [0, 0.05) is 55.1 Å². The van der Waals surface area contributed by atoms with E-state index in [1.54, 1.807) is 6.20 Å². The van der Waals surface area contributed by atoms with Gasteiger partial charge >= 0.3 is 42.6 Å². The molecule has 0 bridgehead atoms. The number of carboxylic acid groups (broad SMARTS) is 3. The van der Waals surface area contributed by atoms with E-state index in [1.165, 1.54) is 12.4 Å². The van der Waals surface area contributed by atoms with Gasteiger partial charge < -0.3 is 30.4 Å².